The van der Waals surface area contributed by atoms with Crippen LogP contribution in [-0.4, -0.2) is 19.0 Å². The highest BCUT2D eigenvalue weighted by Crippen LogP contribution is 2.26. The highest BCUT2D eigenvalue weighted by molar-refractivity contribution is 5.75. The molecule has 1 saturated carbocycles. The smallest absolute Gasteiger partial charge is 0.219 e. The molecule has 94 valence electrons. The predicted molar refractivity (Wildman–Crippen MR) is 67.1 cm³/mol. The minimum atomic E-state index is 0.218. The van der Waals surface area contributed by atoms with E-state index in [1.54, 1.807) is 0 Å². The Labute approximate surface area is 99.2 Å². The van der Waals surface area contributed by atoms with Crippen molar-refractivity contribution in [2.75, 3.05) is 13.1 Å². The zero-order valence-electron chi connectivity index (χ0n) is 10.3. The summed E-state index contributed by atoms with van der Waals surface area (Å²) in [4.78, 5) is 11.4. The van der Waals surface area contributed by atoms with Crippen molar-refractivity contribution in [1.82, 2.24) is 5.32 Å². The monoisotopic (exact) mass is 226 g/mol. The second-order valence-corrected chi connectivity index (χ2v) is 4.89. The van der Waals surface area contributed by atoms with Gasteiger partial charge in [0.1, 0.15) is 0 Å². The molecule has 3 nitrogen and oxygen atoms in total. The third-order valence-electron chi connectivity index (χ3n) is 3.46. The Bertz CT molecular complexity index is 188. The minimum Gasteiger partial charge on any atom is -0.356 e. The largest absolute Gasteiger partial charge is 0.356 e. The molecule has 0 aromatic heterocycles. The number of carbonyl (C=O) groups is 1. The van der Waals surface area contributed by atoms with E-state index in [1.807, 2.05) is 0 Å². The molecule has 0 aromatic carbocycles. The maximum absolute atomic E-state index is 11.4. The van der Waals surface area contributed by atoms with Gasteiger partial charge in [-0.3, -0.25) is 4.79 Å². The Balaban J connectivity index is 1.89. The number of nitrogens with two attached hydrogens (primary N) is 1. The maximum Gasteiger partial charge on any atom is 0.219 e. The van der Waals surface area contributed by atoms with E-state index in [1.165, 1.54) is 32.1 Å². The summed E-state index contributed by atoms with van der Waals surface area (Å²) < 4.78 is 0. The van der Waals surface area contributed by atoms with Crippen LogP contribution in [0.1, 0.15) is 57.8 Å². The van der Waals surface area contributed by atoms with Gasteiger partial charge in [0.2, 0.25) is 5.91 Å². The molecular weight excluding hydrogens is 200 g/mol. The van der Waals surface area contributed by atoms with Crippen LogP contribution in [0.3, 0.4) is 0 Å². The van der Waals surface area contributed by atoms with Crippen molar-refractivity contribution >= 4 is 5.91 Å². The summed E-state index contributed by atoms with van der Waals surface area (Å²) in [5.74, 6) is 1.09. The number of carbonyl (C=O) groups excluding carboxylic acids is 1. The van der Waals surface area contributed by atoms with Crippen molar-refractivity contribution in [2.45, 2.75) is 57.8 Å². The predicted octanol–water partition coefficient (Wildman–Crippen LogP) is 2.20. The summed E-state index contributed by atoms with van der Waals surface area (Å²) in [7, 11) is 0. The SMILES string of the molecule is NCCCCCC(=O)NCCC1CCCC1. The molecule has 0 radical (unpaired) electrons. The lowest BCUT2D eigenvalue weighted by molar-refractivity contribution is -0.121. The van der Waals surface area contributed by atoms with Crippen LogP contribution in [0.2, 0.25) is 0 Å². The highest BCUT2D eigenvalue weighted by Gasteiger charge is 2.14. The van der Waals surface area contributed by atoms with Crippen molar-refractivity contribution < 1.29 is 4.79 Å². The van der Waals surface area contributed by atoms with E-state index in [0.717, 1.165) is 38.3 Å². The molecular formula is C13H26N2O. The molecule has 0 unspecified atom stereocenters. The first-order valence-corrected chi connectivity index (χ1v) is 6.79. The van der Waals surface area contributed by atoms with Gasteiger partial charge in [-0.05, 0) is 31.7 Å². The summed E-state index contributed by atoms with van der Waals surface area (Å²) in [5.41, 5.74) is 5.39. The van der Waals surface area contributed by atoms with Crippen LogP contribution < -0.4 is 11.1 Å². The number of rotatable bonds is 8. The molecule has 1 amide bonds. The highest BCUT2D eigenvalue weighted by atomic mass is 16.1. The molecule has 0 aliphatic heterocycles. The van der Waals surface area contributed by atoms with Crippen LogP contribution in [0, 0.1) is 5.92 Å². The molecule has 0 spiro atoms. The van der Waals surface area contributed by atoms with Gasteiger partial charge in [-0.2, -0.15) is 0 Å². The molecule has 3 N–H and O–H groups in total. The lowest BCUT2D eigenvalue weighted by Gasteiger charge is -2.09. The van der Waals surface area contributed by atoms with E-state index >= 15 is 0 Å². The number of amides is 1. The average molecular weight is 226 g/mol. The first kappa shape index (κ1) is 13.5. The first-order valence-electron chi connectivity index (χ1n) is 6.79. The van der Waals surface area contributed by atoms with Crippen LogP contribution in [0.5, 0.6) is 0 Å². The van der Waals surface area contributed by atoms with E-state index in [-0.39, 0.29) is 5.91 Å². The van der Waals surface area contributed by atoms with Crippen LogP contribution >= 0.6 is 0 Å². The molecule has 0 heterocycles. The van der Waals surface area contributed by atoms with E-state index < -0.39 is 0 Å². The fraction of sp³-hybridized carbons (Fsp3) is 0.923. The summed E-state index contributed by atoms with van der Waals surface area (Å²) in [6, 6.07) is 0. The van der Waals surface area contributed by atoms with Crippen LogP contribution in [0.15, 0.2) is 0 Å². The zero-order chi connectivity index (χ0) is 11.6. The van der Waals surface area contributed by atoms with Crippen LogP contribution in [0.25, 0.3) is 0 Å². The van der Waals surface area contributed by atoms with Crippen LogP contribution in [-0.2, 0) is 4.79 Å². The lowest BCUT2D eigenvalue weighted by Crippen LogP contribution is -2.25. The molecule has 0 saturated heterocycles. The molecule has 0 atom stereocenters. The zero-order valence-corrected chi connectivity index (χ0v) is 10.3. The lowest BCUT2D eigenvalue weighted by atomic mass is 10.0. The number of nitrogens with one attached hydrogen (secondary N) is 1. The van der Waals surface area contributed by atoms with Gasteiger partial charge in [0.25, 0.3) is 0 Å². The van der Waals surface area contributed by atoms with E-state index in [0.29, 0.717) is 6.42 Å². The van der Waals surface area contributed by atoms with Gasteiger partial charge >= 0.3 is 0 Å². The first-order chi connectivity index (χ1) is 7.83. The quantitative estimate of drug-likeness (QED) is 0.623. The molecule has 3 heteroatoms. The Morgan fingerprint density at radius 3 is 2.62 bits per heavy atom. The number of hydrogen-bond donors (Lipinski definition) is 2. The third-order valence-corrected chi connectivity index (χ3v) is 3.46. The summed E-state index contributed by atoms with van der Waals surface area (Å²) in [5, 5.41) is 3.02. The molecule has 0 aromatic rings. The van der Waals surface area contributed by atoms with E-state index in [4.69, 9.17) is 5.73 Å². The standard InChI is InChI=1S/C13H26N2O/c14-10-5-1-2-8-13(16)15-11-9-12-6-3-4-7-12/h12H,1-11,14H2,(H,15,16). The molecule has 0 bridgehead atoms. The van der Waals surface area contributed by atoms with E-state index in [2.05, 4.69) is 5.32 Å². The molecule has 1 fully saturated rings. The molecule has 1 aliphatic carbocycles. The summed E-state index contributed by atoms with van der Waals surface area (Å²) >= 11 is 0. The van der Waals surface area contributed by atoms with Gasteiger partial charge in [0.15, 0.2) is 0 Å². The topological polar surface area (TPSA) is 55.1 Å². The van der Waals surface area contributed by atoms with Gasteiger partial charge in [-0.25, -0.2) is 0 Å². The van der Waals surface area contributed by atoms with Gasteiger partial charge < -0.3 is 11.1 Å². The Morgan fingerprint density at radius 2 is 1.94 bits per heavy atom. The Morgan fingerprint density at radius 1 is 1.19 bits per heavy atom. The fourth-order valence-corrected chi connectivity index (χ4v) is 2.41. The molecule has 1 rings (SSSR count). The van der Waals surface area contributed by atoms with Crippen molar-refractivity contribution in [3.63, 3.8) is 0 Å². The number of hydrogen-bond acceptors (Lipinski definition) is 2. The number of unbranched alkanes of at least 4 members (excludes halogenated alkanes) is 2. The van der Waals surface area contributed by atoms with E-state index in [9.17, 15) is 4.79 Å². The van der Waals surface area contributed by atoms with Crippen LogP contribution in [0.4, 0.5) is 0 Å². The molecule has 1 aliphatic rings. The normalized spacial score (nSPS) is 16.6. The van der Waals surface area contributed by atoms with Crippen molar-refractivity contribution in [3.05, 3.63) is 0 Å². The average Bonchev–Trinajstić information content (AvgIpc) is 2.77. The summed E-state index contributed by atoms with van der Waals surface area (Å²) in [6.07, 6.45) is 10.4. The maximum atomic E-state index is 11.4. The fourth-order valence-electron chi connectivity index (χ4n) is 2.41. The van der Waals surface area contributed by atoms with Crippen molar-refractivity contribution in [2.24, 2.45) is 11.7 Å². The van der Waals surface area contributed by atoms with Crippen molar-refractivity contribution in [1.29, 1.82) is 0 Å². The second kappa shape index (κ2) is 8.57. The van der Waals surface area contributed by atoms with Gasteiger partial charge in [0.05, 0.1) is 0 Å². The summed E-state index contributed by atoms with van der Waals surface area (Å²) in [6.45, 7) is 1.61. The van der Waals surface area contributed by atoms with Gasteiger partial charge in [-0.1, -0.05) is 32.1 Å². The Kier molecular flexibility index (Phi) is 7.23. The third kappa shape index (κ3) is 6.11. The second-order valence-electron chi connectivity index (χ2n) is 4.89. The van der Waals surface area contributed by atoms with Crippen molar-refractivity contribution in [3.8, 4) is 0 Å². The van der Waals surface area contributed by atoms with Gasteiger partial charge in [-0.15, -0.1) is 0 Å². The van der Waals surface area contributed by atoms with Gasteiger partial charge in [0, 0.05) is 13.0 Å². The Hall–Kier alpha value is -0.570. The molecule has 16 heavy (non-hydrogen) atoms. The minimum absolute atomic E-state index is 0.218.